The van der Waals surface area contributed by atoms with Crippen LogP contribution in [0.4, 0.5) is 0 Å². The number of thioether (sulfide) groups is 1. The van der Waals surface area contributed by atoms with Gasteiger partial charge in [-0.2, -0.15) is 0 Å². The first-order chi connectivity index (χ1) is 11.2. The fourth-order valence-corrected chi connectivity index (χ4v) is 2.49. The van der Waals surface area contributed by atoms with E-state index in [4.69, 9.17) is 4.74 Å². The number of hydrogen-bond acceptors (Lipinski definition) is 4. The molecule has 114 valence electrons. The first kappa shape index (κ1) is 15.3. The Morgan fingerprint density at radius 3 is 2.39 bits per heavy atom. The summed E-state index contributed by atoms with van der Waals surface area (Å²) in [6.45, 7) is 0. The predicted molar refractivity (Wildman–Crippen MR) is 95.2 cm³/mol. The van der Waals surface area contributed by atoms with Crippen LogP contribution in [0.1, 0.15) is 11.1 Å². The van der Waals surface area contributed by atoms with Crippen LogP contribution in [-0.2, 0) is 9.53 Å². The zero-order valence-corrected chi connectivity index (χ0v) is 13.4. The zero-order valence-electron chi connectivity index (χ0n) is 12.6. The molecular weight excluding hydrogens is 306 g/mol. The van der Waals surface area contributed by atoms with Crippen molar-refractivity contribution in [3.05, 3.63) is 77.5 Å². The largest absolute Gasteiger partial charge is 0.403 e. The summed E-state index contributed by atoms with van der Waals surface area (Å²) in [6.07, 6.45) is 7.32. The number of rotatable bonds is 4. The SMILES string of the molecule is CSc1ccc(/C=C2N=C(/C=C/c3ccccc3)OC\2=O)cc1. The van der Waals surface area contributed by atoms with Gasteiger partial charge in [0.1, 0.15) is 0 Å². The third-order valence-corrected chi connectivity index (χ3v) is 4.02. The molecule has 0 aliphatic carbocycles. The Morgan fingerprint density at radius 1 is 0.957 bits per heavy atom. The first-order valence-electron chi connectivity index (χ1n) is 7.14. The maximum absolute atomic E-state index is 11.9. The van der Waals surface area contributed by atoms with E-state index in [9.17, 15) is 4.79 Å². The quantitative estimate of drug-likeness (QED) is 0.475. The first-order valence-corrected chi connectivity index (χ1v) is 8.37. The van der Waals surface area contributed by atoms with E-state index in [0.29, 0.717) is 11.6 Å². The number of hydrogen-bond donors (Lipinski definition) is 0. The van der Waals surface area contributed by atoms with Gasteiger partial charge >= 0.3 is 5.97 Å². The van der Waals surface area contributed by atoms with Gasteiger partial charge in [-0.15, -0.1) is 11.8 Å². The molecule has 3 rings (SSSR count). The van der Waals surface area contributed by atoms with Crippen molar-refractivity contribution >= 4 is 35.8 Å². The second-order valence-electron chi connectivity index (χ2n) is 4.89. The molecule has 0 radical (unpaired) electrons. The van der Waals surface area contributed by atoms with Crippen molar-refractivity contribution in [2.24, 2.45) is 4.99 Å². The summed E-state index contributed by atoms with van der Waals surface area (Å²) in [7, 11) is 0. The highest BCUT2D eigenvalue weighted by atomic mass is 32.2. The van der Waals surface area contributed by atoms with Crippen LogP contribution in [0.25, 0.3) is 12.2 Å². The fourth-order valence-electron chi connectivity index (χ4n) is 2.09. The molecule has 0 N–H and O–H groups in total. The summed E-state index contributed by atoms with van der Waals surface area (Å²) in [6, 6.07) is 17.7. The highest BCUT2D eigenvalue weighted by Crippen LogP contribution is 2.19. The molecule has 0 saturated carbocycles. The van der Waals surface area contributed by atoms with Gasteiger partial charge in [0, 0.05) is 11.0 Å². The summed E-state index contributed by atoms with van der Waals surface area (Å²) >= 11 is 1.68. The molecule has 0 saturated heterocycles. The third-order valence-electron chi connectivity index (χ3n) is 3.27. The van der Waals surface area contributed by atoms with Crippen molar-refractivity contribution in [3.8, 4) is 0 Å². The Morgan fingerprint density at radius 2 is 1.70 bits per heavy atom. The van der Waals surface area contributed by atoms with Gasteiger partial charge < -0.3 is 4.74 Å². The highest BCUT2D eigenvalue weighted by Gasteiger charge is 2.20. The lowest BCUT2D eigenvalue weighted by atomic mass is 10.2. The van der Waals surface area contributed by atoms with Gasteiger partial charge in [0.05, 0.1) is 0 Å². The van der Waals surface area contributed by atoms with Gasteiger partial charge in [0.2, 0.25) is 5.90 Å². The minimum absolute atomic E-state index is 0.311. The highest BCUT2D eigenvalue weighted by molar-refractivity contribution is 7.98. The smallest absolute Gasteiger partial charge is 0.363 e. The molecule has 0 unspecified atom stereocenters. The molecule has 3 nitrogen and oxygen atoms in total. The van der Waals surface area contributed by atoms with Crippen LogP contribution in [0, 0.1) is 0 Å². The molecule has 4 heteroatoms. The summed E-state index contributed by atoms with van der Waals surface area (Å²) in [5, 5.41) is 0. The second kappa shape index (κ2) is 7.11. The molecule has 23 heavy (non-hydrogen) atoms. The average Bonchev–Trinajstić information content (AvgIpc) is 2.94. The lowest BCUT2D eigenvalue weighted by molar-refractivity contribution is -0.129. The number of nitrogens with zero attached hydrogens (tertiary/aromatic N) is 1. The van der Waals surface area contributed by atoms with Crippen molar-refractivity contribution in [2.45, 2.75) is 4.90 Å². The van der Waals surface area contributed by atoms with Crippen LogP contribution < -0.4 is 0 Å². The van der Waals surface area contributed by atoms with Crippen molar-refractivity contribution in [1.82, 2.24) is 0 Å². The van der Waals surface area contributed by atoms with E-state index >= 15 is 0 Å². The molecule has 2 aromatic carbocycles. The number of cyclic esters (lactones) is 1. The van der Waals surface area contributed by atoms with Crippen LogP contribution in [0.2, 0.25) is 0 Å². The minimum atomic E-state index is -0.424. The molecule has 0 atom stereocenters. The molecule has 1 aliphatic heterocycles. The number of carbonyl (C=O) groups excluding carboxylic acids is 1. The maximum Gasteiger partial charge on any atom is 0.363 e. The van der Waals surface area contributed by atoms with Crippen LogP contribution in [0.15, 0.2) is 76.3 Å². The summed E-state index contributed by atoms with van der Waals surface area (Å²) in [5.74, 6) is -0.113. The van der Waals surface area contributed by atoms with Gasteiger partial charge in [-0.1, -0.05) is 42.5 Å². The van der Waals surface area contributed by atoms with Crippen LogP contribution >= 0.6 is 11.8 Å². The Labute approximate surface area is 139 Å². The lowest BCUT2D eigenvalue weighted by Gasteiger charge is -1.97. The number of esters is 1. The monoisotopic (exact) mass is 321 g/mol. The Bertz CT molecular complexity index is 790. The molecule has 0 fully saturated rings. The van der Waals surface area contributed by atoms with Crippen molar-refractivity contribution in [3.63, 3.8) is 0 Å². The molecule has 0 bridgehead atoms. The van der Waals surface area contributed by atoms with E-state index in [1.165, 1.54) is 4.90 Å². The predicted octanol–water partition coefficient (Wildman–Crippen LogP) is 4.42. The molecule has 1 aliphatic rings. The average molecular weight is 321 g/mol. The van der Waals surface area contributed by atoms with Crippen molar-refractivity contribution in [1.29, 1.82) is 0 Å². The topological polar surface area (TPSA) is 38.7 Å². The van der Waals surface area contributed by atoms with Crippen LogP contribution in [0.3, 0.4) is 0 Å². The Hall–Kier alpha value is -2.59. The Balaban J connectivity index is 1.77. The number of aliphatic imine (C=N–C) groups is 1. The van der Waals surface area contributed by atoms with Crippen LogP contribution in [0.5, 0.6) is 0 Å². The van der Waals surface area contributed by atoms with E-state index in [1.807, 2.05) is 66.9 Å². The summed E-state index contributed by atoms with van der Waals surface area (Å²) in [4.78, 5) is 17.3. The second-order valence-corrected chi connectivity index (χ2v) is 5.77. The van der Waals surface area contributed by atoms with E-state index in [1.54, 1.807) is 23.9 Å². The van der Waals surface area contributed by atoms with E-state index in [0.717, 1.165) is 11.1 Å². The van der Waals surface area contributed by atoms with Gasteiger partial charge in [-0.05, 0) is 41.7 Å². The zero-order chi connectivity index (χ0) is 16.1. The maximum atomic E-state index is 11.9. The summed E-state index contributed by atoms with van der Waals surface area (Å²) < 4.78 is 5.16. The summed E-state index contributed by atoms with van der Waals surface area (Å²) in [5.41, 5.74) is 2.26. The minimum Gasteiger partial charge on any atom is -0.403 e. The molecule has 2 aromatic rings. The molecular formula is C19H15NO2S. The van der Waals surface area contributed by atoms with Crippen molar-refractivity contribution < 1.29 is 9.53 Å². The van der Waals surface area contributed by atoms with Gasteiger partial charge in [-0.25, -0.2) is 9.79 Å². The number of carbonyl (C=O) groups is 1. The van der Waals surface area contributed by atoms with E-state index in [-0.39, 0.29) is 0 Å². The molecule has 0 aromatic heterocycles. The third kappa shape index (κ3) is 3.99. The van der Waals surface area contributed by atoms with E-state index in [2.05, 4.69) is 4.99 Å². The van der Waals surface area contributed by atoms with Gasteiger partial charge in [0.15, 0.2) is 5.70 Å². The van der Waals surface area contributed by atoms with Crippen molar-refractivity contribution in [2.75, 3.05) is 6.26 Å². The molecule has 1 heterocycles. The van der Waals surface area contributed by atoms with Gasteiger partial charge in [-0.3, -0.25) is 0 Å². The Kier molecular flexibility index (Phi) is 4.74. The molecule has 0 spiro atoms. The number of ether oxygens (including phenoxy) is 1. The standard InChI is InChI=1S/C19H15NO2S/c1-23-16-10-7-15(8-11-16)13-17-19(21)22-18(20-17)12-9-14-5-3-2-4-6-14/h2-13H,1H3/b12-9+,17-13-. The van der Waals surface area contributed by atoms with Crippen LogP contribution in [-0.4, -0.2) is 18.1 Å². The van der Waals surface area contributed by atoms with Gasteiger partial charge in [0.25, 0.3) is 0 Å². The number of benzene rings is 2. The lowest BCUT2D eigenvalue weighted by Crippen LogP contribution is -2.01. The normalized spacial score (nSPS) is 16.0. The molecule has 0 amide bonds. The fraction of sp³-hybridized carbons (Fsp3) is 0.0526. The van der Waals surface area contributed by atoms with E-state index < -0.39 is 5.97 Å².